The van der Waals surface area contributed by atoms with E-state index in [9.17, 15) is 0 Å². The van der Waals surface area contributed by atoms with Crippen LogP contribution in [0.5, 0.6) is 0 Å². The molecule has 0 saturated heterocycles. The van der Waals surface area contributed by atoms with Crippen molar-refractivity contribution in [1.82, 2.24) is 0 Å². The van der Waals surface area contributed by atoms with Crippen LogP contribution in [-0.4, -0.2) is 39.4 Å². The third kappa shape index (κ3) is 1410. The third-order valence-electron chi connectivity index (χ3n) is 0. The molecule has 10 heavy (non-hydrogen) atoms. The van der Waals surface area contributed by atoms with Crippen LogP contribution in [0.2, 0.25) is 0 Å². The summed E-state index contributed by atoms with van der Waals surface area (Å²) < 4.78 is 34.1. The van der Waals surface area contributed by atoms with Gasteiger partial charge in [-0.1, -0.05) is 0 Å². The summed E-state index contributed by atoms with van der Waals surface area (Å²) in [5, 5.41) is 0. The molecule has 8 nitrogen and oxygen atoms in total. The van der Waals surface area contributed by atoms with Crippen LogP contribution < -0.4 is 0 Å². The summed E-state index contributed by atoms with van der Waals surface area (Å²) in [7, 11) is -5.17. The molecule has 0 aliphatic heterocycles. The first-order valence-electron chi connectivity index (χ1n) is 0.667. The molecule has 10 heteroatoms. The summed E-state index contributed by atoms with van der Waals surface area (Å²) in [5.74, 6) is 0. The molecule has 0 spiro atoms. The fourth-order valence-corrected chi connectivity index (χ4v) is 0. The summed E-state index contributed by atoms with van der Waals surface area (Å²) in [6.45, 7) is 0. The van der Waals surface area contributed by atoms with E-state index in [4.69, 9.17) is 17.5 Å². The summed E-state index contributed by atoms with van der Waals surface area (Å²) in [5.41, 5.74) is 0. The van der Waals surface area contributed by atoms with Gasteiger partial charge < -0.3 is 31.0 Å². The molecular weight excluding hydrogens is 251 g/mol. The molecule has 0 amide bonds. The number of hydrogen-bond acceptors (Lipinski definition) is 4. The molecule has 8 N–H and O–H groups in total. The number of rotatable bonds is 0. The smallest absolute Gasteiger partial charge is 0.759 e. The van der Waals surface area contributed by atoms with Crippen molar-refractivity contribution in [1.29, 1.82) is 0 Å². The quantitative estimate of drug-likeness (QED) is 0.310. The molecule has 0 aromatic heterocycles. The van der Waals surface area contributed by atoms with Gasteiger partial charge >= 0.3 is 26.2 Å². The molecule has 0 aromatic carbocycles. The van der Waals surface area contributed by atoms with Gasteiger partial charge in [-0.2, -0.15) is 0 Å². The van der Waals surface area contributed by atoms with E-state index in [0.29, 0.717) is 0 Å². The molecule has 0 aliphatic rings. The summed E-state index contributed by atoms with van der Waals surface area (Å²) in [6, 6.07) is 0. The zero-order valence-corrected chi connectivity index (χ0v) is 7.82. The van der Waals surface area contributed by atoms with Crippen molar-refractivity contribution in [3.05, 3.63) is 0 Å². The SMILES string of the molecule is O.O.O.O.O=S(=O)([O-])[O-].[Zr+2]. The Morgan fingerprint density at radius 3 is 0.800 bits per heavy atom. The van der Waals surface area contributed by atoms with Crippen LogP contribution in [0.15, 0.2) is 0 Å². The molecule has 66 valence electrons. The fourth-order valence-electron chi connectivity index (χ4n) is 0. The van der Waals surface area contributed by atoms with Gasteiger partial charge in [0.25, 0.3) is 0 Å². The summed E-state index contributed by atoms with van der Waals surface area (Å²) in [4.78, 5) is 0. The molecule has 0 saturated carbocycles. The van der Waals surface area contributed by atoms with Crippen LogP contribution in [0.3, 0.4) is 0 Å². The van der Waals surface area contributed by atoms with Crippen LogP contribution in [0, 0.1) is 0 Å². The Kier molecular flexibility index (Phi) is 75.3. The van der Waals surface area contributed by atoms with Crippen LogP contribution in [-0.2, 0) is 36.6 Å². The standard InChI is InChI=1S/H2O4S.4H2O.Zr/c1-5(2,3)4;;;;;/h(H2,1,2,3,4);4*1H2;/q;;;;;+2/p-2. The minimum atomic E-state index is -5.17. The van der Waals surface area contributed by atoms with Crippen molar-refractivity contribution in [2.24, 2.45) is 0 Å². The predicted octanol–water partition coefficient (Wildman–Crippen LogP) is -4.64. The second-order valence-corrected chi connectivity index (χ2v) is 1.22. The van der Waals surface area contributed by atoms with E-state index in [1.807, 2.05) is 0 Å². The molecule has 0 aliphatic carbocycles. The van der Waals surface area contributed by atoms with Crippen LogP contribution in [0.4, 0.5) is 0 Å². The van der Waals surface area contributed by atoms with Crippen molar-refractivity contribution in [2.75, 3.05) is 0 Å². The molecule has 0 rings (SSSR count). The van der Waals surface area contributed by atoms with E-state index in [1.165, 1.54) is 0 Å². The van der Waals surface area contributed by atoms with Gasteiger partial charge in [-0.15, -0.1) is 0 Å². The van der Waals surface area contributed by atoms with Gasteiger partial charge in [0.2, 0.25) is 0 Å². The van der Waals surface area contributed by atoms with Crippen LogP contribution in [0.1, 0.15) is 0 Å². The number of hydrogen-bond donors (Lipinski definition) is 0. The van der Waals surface area contributed by atoms with Crippen molar-refractivity contribution in [2.45, 2.75) is 0 Å². The van der Waals surface area contributed by atoms with E-state index >= 15 is 0 Å². The van der Waals surface area contributed by atoms with Crippen LogP contribution >= 0.6 is 0 Å². The summed E-state index contributed by atoms with van der Waals surface area (Å²) in [6.07, 6.45) is 0. The first-order valence-corrected chi connectivity index (χ1v) is 2.00. The van der Waals surface area contributed by atoms with Crippen LogP contribution in [0.25, 0.3) is 0 Å². The van der Waals surface area contributed by atoms with Crippen molar-refractivity contribution in [3.63, 3.8) is 0 Å². The first kappa shape index (κ1) is 46.2. The Morgan fingerprint density at radius 1 is 0.800 bits per heavy atom. The maximum atomic E-state index is 8.52. The Balaban J connectivity index is -0.00000000800. The van der Waals surface area contributed by atoms with E-state index in [1.54, 1.807) is 0 Å². The van der Waals surface area contributed by atoms with E-state index in [-0.39, 0.29) is 48.1 Å². The third-order valence-corrected chi connectivity index (χ3v) is 0. The van der Waals surface area contributed by atoms with Gasteiger partial charge in [0.05, 0.1) is 0 Å². The Morgan fingerprint density at radius 2 is 0.800 bits per heavy atom. The minimum Gasteiger partial charge on any atom is -0.759 e. The molecule has 0 unspecified atom stereocenters. The molecule has 0 fully saturated rings. The van der Waals surface area contributed by atoms with Gasteiger partial charge in [-0.25, -0.2) is 0 Å². The topological polar surface area (TPSA) is 206 Å². The van der Waals surface area contributed by atoms with E-state index in [2.05, 4.69) is 0 Å². The summed E-state index contributed by atoms with van der Waals surface area (Å²) >= 11 is 0. The average molecular weight is 259 g/mol. The van der Waals surface area contributed by atoms with Crippen molar-refractivity contribution < 1.29 is 65.6 Å². The molecule has 0 bridgehead atoms. The zero-order valence-electron chi connectivity index (χ0n) is 4.54. The molecule has 0 atom stereocenters. The van der Waals surface area contributed by atoms with Gasteiger partial charge in [0.15, 0.2) is 0 Å². The second-order valence-electron chi connectivity index (χ2n) is 0.408. The predicted molar refractivity (Wildman–Crippen MR) is 24.9 cm³/mol. The molecule has 0 aromatic rings. The van der Waals surface area contributed by atoms with Gasteiger partial charge in [-0.3, -0.25) is 8.42 Å². The largest absolute Gasteiger partial charge is 2.00 e. The molecule has 0 radical (unpaired) electrons. The molecular formula is H8O8SZr. The molecule has 0 heterocycles. The maximum Gasteiger partial charge on any atom is 2.00 e. The first-order chi connectivity index (χ1) is 2.00. The van der Waals surface area contributed by atoms with Gasteiger partial charge in [0, 0.05) is 10.4 Å². The average Bonchev–Trinajstić information content (AvgIpc) is 0.722. The minimum absolute atomic E-state index is 0. The Bertz CT molecular complexity index is 92.4. The second kappa shape index (κ2) is 16.3. The zero-order chi connectivity index (χ0) is 4.50. The van der Waals surface area contributed by atoms with Gasteiger partial charge in [-0.05, 0) is 0 Å². The maximum absolute atomic E-state index is 8.52. The monoisotopic (exact) mass is 258 g/mol. The van der Waals surface area contributed by atoms with Gasteiger partial charge in [0.1, 0.15) is 0 Å². The van der Waals surface area contributed by atoms with E-state index in [0.717, 1.165) is 0 Å². The fraction of sp³-hybridized carbons (Fsp3) is 0. The van der Waals surface area contributed by atoms with E-state index < -0.39 is 10.4 Å². The Labute approximate surface area is 76.2 Å². The Hall–Kier alpha value is 0.593. The van der Waals surface area contributed by atoms with Crippen molar-refractivity contribution in [3.8, 4) is 0 Å². The normalized spacial score (nSPS) is 5.80. The van der Waals surface area contributed by atoms with Crippen molar-refractivity contribution >= 4 is 10.4 Å².